The number of hydrogen-bond acceptors (Lipinski definition) is 3. The fourth-order valence-corrected chi connectivity index (χ4v) is 1.27. The Hall–Kier alpha value is 0.360. The molecule has 2 unspecified atom stereocenters. The monoisotopic (exact) mass is 209 g/mol. The van der Waals surface area contributed by atoms with Crippen LogP contribution in [-0.2, 0) is 9.47 Å². The van der Waals surface area contributed by atoms with E-state index in [0.29, 0.717) is 19.8 Å². The minimum absolute atomic E-state index is 0.0558. The Morgan fingerprint density at radius 3 is 2.90 bits per heavy atom. The summed E-state index contributed by atoms with van der Waals surface area (Å²) in [4.78, 5) is 0. The van der Waals surface area contributed by atoms with Crippen LogP contribution in [0, 0.1) is 0 Å². The molecule has 0 amide bonds. The molecule has 0 spiro atoms. The van der Waals surface area contributed by atoms with Gasteiger partial charge in [0.15, 0.2) is 0 Å². The Bertz CT molecular complexity index is 95.7. The number of ether oxygens (including phenoxy) is 2. The van der Waals surface area contributed by atoms with Crippen LogP contribution in [-0.4, -0.2) is 37.3 Å². The first-order valence-electron chi connectivity index (χ1n) is 3.35. The molecule has 0 bridgehead atoms. The van der Waals surface area contributed by atoms with Crippen LogP contribution in [0.2, 0.25) is 0 Å². The standard InChI is InChI=1S/C6H12BrNO2/c7-3-5(8)6-4-9-1-2-10-6/h5-6H,1-4,8H2. The van der Waals surface area contributed by atoms with E-state index in [1.54, 1.807) is 0 Å². The molecule has 0 aromatic heterocycles. The van der Waals surface area contributed by atoms with E-state index in [0.717, 1.165) is 5.33 Å². The summed E-state index contributed by atoms with van der Waals surface area (Å²) < 4.78 is 10.5. The molecule has 60 valence electrons. The first kappa shape index (κ1) is 8.46. The first-order valence-corrected chi connectivity index (χ1v) is 4.47. The summed E-state index contributed by atoms with van der Waals surface area (Å²) in [6.45, 7) is 2.00. The molecule has 1 aliphatic rings. The van der Waals surface area contributed by atoms with Crippen molar-refractivity contribution in [2.45, 2.75) is 12.1 Å². The number of halogens is 1. The van der Waals surface area contributed by atoms with Crippen LogP contribution >= 0.6 is 15.9 Å². The second-order valence-corrected chi connectivity index (χ2v) is 2.95. The zero-order chi connectivity index (χ0) is 7.40. The maximum absolute atomic E-state index is 5.70. The maximum Gasteiger partial charge on any atom is 0.0968 e. The lowest BCUT2D eigenvalue weighted by molar-refractivity contribution is -0.0941. The van der Waals surface area contributed by atoms with Gasteiger partial charge in [0.2, 0.25) is 0 Å². The molecule has 1 heterocycles. The lowest BCUT2D eigenvalue weighted by Crippen LogP contribution is -2.44. The number of nitrogens with two attached hydrogens (primary N) is 1. The van der Waals surface area contributed by atoms with E-state index in [9.17, 15) is 0 Å². The summed E-state index contributed by atoms with van der Waals surface area (Å²) in [6, 6.07) is 0.0558. The van der Waals surface area contributed by atoms with Crippen LogP contribution in [0.15, 0.2) is 0 Å². The van der Waals surface area contributed by atoms with Gasteiger partial charge in [-0.2, -0.15) is 0 Å². The van der Waals surface area contributed by atoms with E-state index in [2.05, 4.69) is 15.9 Å². The Morgan fingerprint density at radius 2 is 2.40 bits per heavy atom. The largest absolute Gasteiger partial charge is 0.376 e. The average molecular weight is 210 g/mol. The van der Waals surface area contributed by atoms with Crippen LogP contribution in [0.25, 0.3) is 0 Å². The summed E-state index contributed by atoms with van der Waals surface area (Å²) in [7, 11) is 0. The SMILES string of the molecule is NC(CBr)C1COCCO1. The Labute approximate surface area is 69.0 Å². The van der Waals surface area contributed by atoms with Crippen molar-refractivity contribution in [1.82, 2.24) is 0 Å². The highest BCUT2D eigenvalue weighted by Crippen LogP contribution is 2.05. The van der Waals surface area contributed by atoms with Crippen LogP contribution in [0.3, 0.4) is 0 Å². The van der Waals surface area contributed by atoms with Crippen LogP contribution in [0.4, 0.5) is 0 Å². The van der Waals surface area contributed by atoms with Crippen molar-refractivity contribution in [3.8, 4) is 0 Å². The van der Waals surface area contributed by atoms with E-state index in [1.165, 1.54) is 0 Å². The molecule has 10 heavy (non-hydrogen) atoms. The lowest BCUT2D eigenvalue weighted by Gasteiger charge is -2.26. The molecule has 0 aliphatic carbocycles. The molecule has 1 aliphatic heterocycles. The Morgan fingerprint density at radius 1 is 1.60 bits per heavy atom. The predicted molar refractivity (Wildman–Crippen MR) is 42.3 cm³/mol. The van der Waals surface area contributed by atoms with Crippen molar-refractivity contribution in [3.05, 3.63) is 0 Å². The van der Waals surface area contributed by atoms with Crippen molar-refractivity contribution < 1.29 is 9.47 Å². The van der Waals surface area contributed by atoms with E-state index < -0.39 is 0 Å². The summed E-state index contributed by atoms with van der Waals surface area (Å²) in [5.41, 5.74) is 5.70. The molecule has 1 fully saturated rings. The zero-order valence-electron chi connectivity index (χ0n) is 5.75. The Balaban J connectivity index is 2.24. The molecule has 4 heteroatoms. The van der Waals surface area contributed by atoms with Gasteiger partial charge in [-0.3, -0.25) is 0 Å². The molecule has 0 aromatic carbocycles. The maximum atomic E-state index is 5.70. The van der Waals surface area contributed by atoms with Gasteiger partial charge in [0.05, 0.1) is 25.9 Å². The number of alkyl halides is 1. The van der Waals surface area contributed by atoms with Gasteiger partial charge in [-0.1, -0.05) is 15.9 Å². The minimum atomic E-state index is 0.0558. The second-order valence-electron chi connectivity index (χ2n) is 2.30. The van der Waals surface area contributed by atoms with Gasteiger partial charge in [0, 0.05) is 11.4 Å². The summed E-state index contributed by atoms with van der Waals surface area (Å²) >= 11 is 3.29. The molecule has 3 nitrogen and oxygen atoms in total. The van der Waals surface area contributed by atoms with E-state index in [-0.39, 0.29) is 12.1 Å². The predicted octanol–water partition coefficient (Wildman–Crippen LogP) is 0.124. The highest BCUT2D eigenvalue weighted by molar-refractivity contribution is 9.09. The average Bonchev–Trinajstić information content (AvgIpc) is 2.05. The van der Waals surface area contributed by atoms with Gasteiger partial charge in [-0.15, -0.1) is 0 Å². The van der Waals surface area contributed by atoms with E-state index >= 15 is 0 Å². The van der Waals surface area contributed by atoms with Crippen LogP contribution in [0.1, 0.15) is 0 Å². The molecule has 0 radical (unpaired) electrons. The van der Waals surface area contributed by atoms with Crippen LogP contribution in [0.5, 0.6) is 0 Å². The number of hydrogen-bond donors (Lipinski definition) is 1. The molecule has 0 aromatic rings. The minimum Gasteiger partial charge on any atom is -0.376 e. The van der Waals surface area contributed by atoms with Gasteiger partial charge in [0.25, 0.3) is 0 Å². The quantitative estimate of drug-likeness (QED) is 0.658. The molecule has 2 N–H and O–H groups in total. The smallest absolute Gasteiger partial charge is 0.0968 e. The van der Waals surface area contributed by atoms with Crippen molar-refractivity contribution in [2.75, 3.05) is 25.2 Å². The van der Waals surface area contributed by atoms with Gasteiger partial charge < -0.3 is 15.2 Å². The molecular weight excluding hydrogens is 198 g/mol. The normalized spacial score (nSPS) is 30.0. The first-order chi connectivity index (χ1) is 4.84. The van der Waals surface area contributed by atoms with Crippen molar-refractivity contribution in [3.63, 3.8) is 0 Å². The topological polar surface area (TPSA) is 44.5 Å². The van der Waals surface area contributed by atoms with E-state index in [4.69, 9.17) is 15.2 Å². The van der Waals surface area contributed by atoms with Crippen LogP contribution < -0.4 is 5.73 Å². The highest BCUT2D eigenvalue weighted by atomic mass is 79.9. The summed E-state index contributed by atoms with van der Waals surface area (Å²) in [5.74, 6) is 0. The third kappa shape index (κ3) is 2.20. The van der Waals surface area contributed by atoms with Gasteiger partial charge in [-0.25, -0.2) is 0 Å². The summed E-state index contributed by atoms with van der Waals surface area (Å²) in [5, 5.41) is 0.765. The van der Waals surface area contributed by atoms with Crippen molar-refractivity contribution >= 4 is 15.9 Å². The molecule has 1 saturated heterocycles. The molecule has 2 atom stereocenters. The van der Waals surface area contributed by atoms with Gasteiger partial charge in [-0.05, 0) is 0 Å². The lowest BCUT2D eigenvalue weighted by atomic mass is 10.2. The third-order valence-corrected chi connectivity index (χ3v) is 2.25. The molecule has 0 saturated carbocycles. The zero-order valence-corrected chi connectivity index (χ0v) is 7.34. The fraction of sp³-hybridized carbons (Fsp3) is 1.00. The second kappa shape index (κ2) is 4.28. The van der Waals surface area contributed by atoms with Crippen molar-refractivity contribution in [1.29, 1.82) is 0 Å². The number of rotatable bonds is 2. The Kier molecular flexibility index (Phi) is 3.62. The van der Waals surface area contributed by atoms with E-state index in [1.807, 2.05) is 0 Å². The highest BCUT2D eigenvalue weighted by Gasteiger charge is 2.20. The van der Waals surface area contributed by atoms with Crippen molar-refractivity contribution in [2.24, 2.45) is 5.73 Å². The fourth-order valence-electron chi connectivity index (χ4n) is 0.853. The summed E-state index contributed by atoms with van der Waals surface area (Å²) in [6.07, 6.45) is 0.0770. The molecular formula is C6H12BrNO2. The third-order valence-electron chi connectivity index (χ3n) is 1.50. The van der Waals surface area contributed by atoms with Gasteiger partial charge >= 0.3 is 0 Å². The van der Waals surface area contributed by atoms with Gasteiger partial charge in [0.1, 0.15) is 0 Å². The molecule has 1 rings (SSSR count).